The highest BCUT2D eigenvalue weighted by molar-refractivity contribution is 5.37. The zero-order valence-electron chi connectivity index (χ0n) is 13.1. The second-order valence-corrected chi connectivity index (χ2v) is 5.68. The summed E-state index contributed by atoms with van der Waals surface area (Å²) in [6, 6.07) is 0. The minimum Gasteiger partial charge on any atom is -0.368 e. The van der Waals surface area contributed by atoms with Gasteiger partial charge in [-0.25, -0.2) is 0 Å². The van der Waals surface area contributed by atoms with E-state index in [-0.39, 0.29) is 0 Å². The molecule has 1 heterocycles. The van der Waals surface area contributed by atoms with Crippen LogP contribution in [0.25, 0.3) is 0 Å². The van der Waals surface area contributed by atoms with E-state index in [0.29, 0.717) is 5.95 Å². The van der Waals surface area contributed by atoms with Crippen molar-refractivity contribution in [3.8, 4) is 0 Å². The number of hydrogen-bond donors (Lipinski definition) is 2. The van der Waals surface area contributed by atoms with Gasteiger partial charge >= 0.3 is 0 Å². The molecule has 0 aliphatic heterocycles. The highest BCUT2D eigenvalue weighted by atomic mass is 15.3. The molecular weight excluding hydrogens is 264 g/mol. The molecule has 0 aromatic carbocycles. The van der Waals surface area contributed by atoms with E-state index >= 15 is 0 Å². The highest BCUT2D eigenvalue weighted by Crippen LogP contribution is 2.19. The molecule has 116 valence electrons. The molecule has 0 amide bonds. The number of anilines is 2. The molecule has 2 N–H and O–H groups in total. The third-order valence-electron chi connectivity index (χ3n) is 3.54. The second kappa shape index (κ2) is 8.56. The summed E-state index contributed by atoms with van der Waals surface area (Å²) in [7, 11) is 4.08. The van der Waals surface area contributed by atoms with Crippen LogP contribution in [0.15, 0.2) is 17.8 Å². The van der Waals surface area contributed by atoms with Gasteiger partial charge in [0.25, 0.3) is 0 Å². The Bertz CT molecular complexity index is 457. The van der Waals surface area contributed by atoms with E-state index in [1.54, 1.807) is 11.8 Å². The van der Waals surface area contributed by atoms with Gasteiger partial charge in [-0.15, -0.1) is 5.10 Å². The smallest absolute Gasteiger partial charge is 0.244 e. The minimum atomic E-state index is 0.582. The molecule has 2 rings (SSSR count). The molecule has 0 bridgehead atoms. The van der Waals surface area contributed by atoms with Crippen molar-refractivity contribution in [2.75, 3.05) is 44.4 Å². The molecule has 6 nitrogen and oxygen atoms in total. The average Bonchev–Trinajstić information content (AvgIpc) is 2.48. The molecule has 0 fully saturated rings. The Morgan fingerprint density at radius 1 is 1.19 bits per heavy atom. The third kappa shape index (κ3) is 6.08. The van der Waals surface area contributed by atoms with Gasteiger partial charge in [0, 0.05) is 19.6 Å². The molecule has 0 unspecified atom stereocenters. The Morgan fingerprint density at radius 3 is 2.86 bits per heavy atom. The predicted octanol–water partition coefficient (Wildman–Crippen LogP) is 2.15. The Hall–Kier alpha value is -1.69. The van der Waals surface area contributed by atoms with E-state index in [4.69, 9.17) is 0 Å². The fraction of sp³-hybridized carbons (Fsp3) is 0.667. The molecule has 0 spiro atoms. The SMILES string of the molecule is CN(C)CCNc1nncc(NCCC2=CCCCC2)n1. The molecule has 1 aliphatic carbocycles. The molecule has 1 aromatic rings. The molecule has 1 aliphatic rings. The van der Waals surface area contributed by atoms with Gasteiger partial charge in [-0.05, 0) is 46.2 Å². The van der Waals surface area contributed by atoms with Crippen LogP contribution in [0, 0.1) is 0 Å². The van der Waals surface area contributed by atoms with Crippen molar-refractivity contribution in [2.24, 2.45) is 0 Å². The fourth-order valence-electron chi connectivity index (χ4n) is 2.34. The van der Waals surface area contributed by atoms with Gasteiger partial charge in [0.05, 0.1) is 6.20 Å². The summed E-state index contributed by atoms with van der Waals surface area (Å²) in [5.74, 6) is 1.37. The van der Waals surface area contributed by atoms with E-state index < -0.39 is 0 Å². The summed E-state index contributed by atoms with van der Waals surface area (Å²) in [5, 5.41) is 14.5. The number of nitrogens with zero attached hydrogens (tertiary/aromatic N) is 4. The van der Waals surface area contributed by atoms with Crippen molar-refractivity contribution in [1.29, 1.82) is 0 Å². The molecule has 6 heteroatoms. The number of aromatic nitrogens is 3. The maximum atomic E-state index is 4.42. The number of allylic oxidation sites excluding steroid dienone is 1. The fourth-order valence-corrected chi connectivity index (χ4v) is 2.34. The van der Waals surface area contributed by atoms with Gasteiger partial charge in [0.15, 0.2) is 5.82 Å². The van der Waals surface area contributed by atoms with Gasteiger partial charge < -0.3 is 15.5 Å². The summed E-state index contributed by atoms with van der Waals surface area (Å²) in [6.07, 6.45) is 10.3. The first-order valence-electron chi connectivity index (χ1n) is 7.74. The third-order valence-corrected chi connectivity index (χ3v) is 3.54. The van der Waals surface area contributed by atoms with E-state index in [1.165, 1.54) is 25.7 Å². The number of likely N-dealkylation sites (N-methyl/N-ethyl adjacent to an activating group) is 1. The van der Waals surface area contributed by atoms with Crippen molar-refractivity contribution in [1.82, 2.24) is 20.1 Å². The van der Waals surface area contributed by atoms with Gasteiger partial charge in [0.1, 0.15) is 0 Å². The van der Waals surface area contributed by atoms with Crippen LogP contribution in [-0.2, 0) is 0 Å². The summed E-state index contributed by atoms with van der Waals surface area (Å²) >= 11 is 0. The van der Waals surface area contributed by atoms with Gasteiger partial charge in [-0.3, -0.25) is 0 Å². The lowest BCUT2D eigenvalue weighted by molar-refractivity contribution is 0.425. The molecule has 0 saturated carbocycles. The maximum Gasteiger partial charge on any atom is 0.244 e. The van der Waals surface area contributed by atoms with Crippen LogP contribution >= 0.6 is 0 Å². The Balaban J connectivity index is 1.73. The van der Waals surface area contributed by atoms with Crippen LogP contribution in [0.4, 0.5) is 11.8 Å². The zero-order valence-corrected chi connectivity index (χ0v) is 13.1. The van der Waals surface area contributed by atoms with E-state index in [9.17, 15) is 0 Å². The topological polar surface area (TPSA) is 66.0 Å². The lowest BCUT2D eigenvalue weighted by atomic mass is 9.97. The monoisotopic (exact) mass is 290 g/mol. The van der Waals surface area contributed by atoms with Crippen LogP contribution in [0.1, 0.15) is 32.1 Å². The first kappa shape index (κ1) is 15.7. The van der Waals surface area contributed by atoms with Crippen molar-refractivity contribution in [2.45, 2.75) is 32.1 Å². The number of hydrogen-bond acceptors (Lipinski definition) is 6. The highest BCUT2D eigenvalue weighted by Gasteiger charge is 2.04. The first-order valence-corrected chi connectivity index (χ1v) is 7.74. The molecule has 1 aromatic heterocycles. The Morgan fingerprint density at radius 2 is 2.10 bits per heavy atom. The van der Waals surface area contributed by atoms with Crippen molar-refractivity contribution in [3.05, 3.63) is 17.8 Å². The second-order valence-electron chi connectivity index (χ2n) is 5.68. The van der Waals surface area contributed by atoms with E-state index in [2.05, 4.69) is 36.8 Å². The first-order chi connectivity index (χ1) is 10.2. The number of rotatable bonds is 8. The summed E-state index contributed by atoms with van der Waals surface area (Å²) in [6.45, 7) is 2.65. The largest absolute Gasteiger partial charge is 0.368 e. The zero-order chi connectivity index (χ0) is 14.9. The van der Waals surface area contributed by atoms with Gasteiger partial charge in [-0.1, -0.05) is 11.6 Å². The summed E-state index contributed by atoms with van der Waals surface area (Å²) < 4.78 is 0. The Labute approximate surface area is 127 Å². The Kier molecular flexibility index (Phi) is 6.40. The van der Waals surface area contributed by atoms with Gasteiger partial charge in [-0.2, -0.15) is 10.1 Å². The van der Waals surface area contributed by atoms with E-state index in [0.717, 1.165) is 31.9 Å². The molecular formula is C15H26N6. The van der Waals surface area contributed by atoms with Crippen LogP contribution in [0.5, 0.6) is 0 Å². The van der Waals surface area contributed by atoms with E-state index in [1.807, 2.05) is 14.1 Å². The molecule has 21 heavy (non-hydrogen) atoms. The van der Waals surface area contributed by atoms with Crippen molar-refractivity contribution < 1.29 is 0 Å². The summed E-state index contributed by atoms with van der Waals surface area (Å²) in [5.41, 5.74) is 1.57. The lowest BCUT2D eigenvalue weighted by Gasteiger charge is -2.13. The van der Waals surface area contributed by atoms with Crippen molar-refractivity contribution >= 4 is 11.8 Å². The number of nitrogens with one attached hydrogen (secondary N) is 2. The summed E-state index contributed by atoms with van der Waals surface area (Å²) in [4.78, 5) is 6.53. The predicted molar refractivity (Wildman–Crippen MR) is 86.5 cm³/mol. The van der Waals surface area contributed by atoms with Gasteiger partial charge in [0.2, 0.25) is 5.95 Å². The quantitative estimate of drug-likeness (QED) is 0.715. The average molecular weight is 290 g/mol. The lowest BCUT2D eigenvalue weighted by Crippen LogP contribution is -2.21. The minimum absolute atomic E-state index is 0.582. The van der Waals surface area contributed by atoms with Crippen LogP contribution in [-0.4, -0.2) is 53.8 Å². The molecule has 0 atom stereocenters. The van der Waals surface area contributed by atoms with Crippen LogP contribution < -0.4 is 10.6 Å². The van der Waals surface area contributed by atoms with Crippen molar-refractivity contribution in [3.63, 3.8) is 0 Å². The van der Waals surface area contributed by atoms with Crippen LogP contribution in [0.2, 0.25) is 0 Å². The molecule has 0 radical (unpaired) electrons. The standard InChI is InChI=1S/C15H26N6/c1-21(2)11-10-17-15-19-14(12-18-20-15)16-9-8-13-6-4-3-5-7-13/h6,12H,3-5,7-11H2,1-2H3,(H2,16,17,19,20). The van der Waals surface area contributed by atoms with Crippen LogP contribution in [0.3, 0.4) is 0 Å². The normalized spacial score (nSPS) is 14.9. The molecule has 0 saturated heterocycles. The maximum absolute atomic E-state index is 4.42.